The maximum atomic E-state index is 11.8. The van der Waals surface area contributed by atoms with Crippen LogP contribution in [0.15, 0.2) is 77.9 Å². The summed E-state index contributed by atoms with van der Waals surface area (Å²) in [4.78, 5) is 11.8. The highest BCUT2D eigenvalue weighted by molar-refractivity contribution is 5.90. The molecule has 0 heterocycles. The summed E-state index contributed by atoms with van der Waals surface area (Å²) in [6.07, 6.45) is 2.36. The average molecular weight is 418 g/mol. The first-order chi connectivity index (χ1) is 15.1. The first-order valence-corrected chi connectivity index (χ1v) is 10.2. The number of carbonyl (C=O) groups is 1. The topological polar surface area (TPSA) is 72.0 Å². The van der Waals surface area contributed by atoms with E-state index in [1.807, 2.05) is 54.6 Å². The normalized spacial score (nSPS) is 10.6. The van der Waals surface area contributed by atoms with Gasteiger partial charge in [-0.25, -0.2) is 10.2 Å². The van der Waals surface area contributed by atoms with Crippen molar-refractivity contribution in [3.05, 3.63) is 89.5 Å². The van der Waals surface area contributed by atoms with Crippen molar-refractivity contribution in [3.63, 3.8) is 0 Å². The number of hydrazone groups is 1. The maximum absolute atomic E-state index is 11.8. The molecule has 0 aliphatic rings. The van der Waals surface area contributed by atoms with Crippen LogP contribution in [0.1, 0.15) is 23.1 Å². The van der Waals surface area contributed by atoms with E-state index in [0.29, 0.717) is 18.9 Å². The van der Waals surface area contributed by atoms with E-state index in [1.165, 1.54) is 11.1 Å². The molecule has 3 aromatic carbocycles. The zero-order valence-corrected chi connectivity index (χ0v) is 17.8. The van der Waals surface area contributed by atoms with Gasteiger partial charge in [0.2, 0.25) is 0 Å². The minimum atomic E-state index is -0.398. The Kier molecular flexibility index (Phi) is 8.05. The smallest absolute Gasteiger partial charge is 0.339 e. The van der Waals surface area contributed by atoms with Gasteiger partial charge in [-0.1, -0.05) is 24.3 Å². The SMILES string of the molecule is Cc1cc(C)cc(OCCCOc2ccc(/C=N/NC(=O)Nc3ccccc3)cc2)c1. The summed E-state index contributed by atoms with van der Waals surface area (Å²) in [5.74, 6) is 1.67. The molecule has 31 heavy (non-hydrogen) atoms. The molecular formula is C25H27N3O3. The van der Waals surface area contributed by atoms with Gasteiger partial charge >= 0.3 is 6.03 Å². The van der Waals surface area contributed by atoms with E-state index in [1.54, 1.807) is 18.3 Å². The van der Waals surface area contributed by atoms with E-state index in [9.17, 15) is 4.79 Å². The van der Waals surface area contributed by atoms with E-state index in [2.05, 4.69) is 35.8 Å². The molecule has 2 amide bonds. The molecule has 0 aliphatic carbocycles. The van der Waals surface area contributed by atoms with Gasteiger partial charge in [0, 0.05) is 12.1 Å². The molecule has 3 rings (SSSR count). The fourth-order valence-corrected chi connectivity index (χ4v) is 2.95. The van der Waals surface area contributed by atoms with Crippen LogP contribution in [0.2, 0.25) is 0 Å². The predicted octanol–water partition coefficient (Wildman–Crippen LogP) is 5.31. The zero-order valence-electron chi connectivity index (χ0n) is 17.8. The van der Waals surface area contributed by atoms with Gasteiger partial charge in [-0.15, -0.1) is 0 Å². The van der Waals surface area contributed by atoms with Crippen molar-refractivity contribution in [3.8, 4) is 11.5 Å². The zero-order chi connectivity index (χ0) is 21.9. The highest BCUT2D eigenvalue weighted by Gasteiger charge is 2.00. The Morgan fingerprint density at radius 2 is 1.52 bits per heavy atom. The number of nitrogens with zero attached hydrogens (tertiary/aromatic N) is 1. The molecule has 0 saturated carbocycles. The number of ether oxygens (including phenoxy) is 2. The third kappa shape index (κ3) is 7.85. The molecule has 3 aromatic rings. The van der Waals surface area contributed by atoms with E-state index < -0.39 is 6.03 Å². The number of hydrogen-bond donors (Lipinski definition) is 2. The lowest BCUT2D eigenvalue weighted by atomic mass is 10.1. The fourth-order valence-electron chi connectivity index (χ4n) is 2.95. The van der Waals surface area contributed by atoms with E-state index in [0.717, 1.165) is 23.5 Å². The van der Waals surface area contributed by atoms with Crippen LogP contribution in [-0.4, -0.2) is 25.5 Å². The van der Waals surface area contributed by atoms with Crippen LogP contribution in [0.3, 0.4) is 0 Å². The number of para-hydroxylation sites is 1. The van der Waals surface area contributed by atoms with Crippen LogP contribution in [0, 0.1) is 13.8 Å². The largest absolute Gasteiger partial charge is 0.493 e. The number of carbonyl (C=O) groups excluding carboxylic acids is 1. The van der Waals surface area contributed by atoms with E-state index in [4.69, 9.17) is 9.47 Å². The van der Waals surface area contributed by atoms with Crippen molar-refractivity contribution in [2.45, 2.75) is 20.3 Å². The first-order valence-electron chi connectivity index (χ1n) is 10.2. The van der Waals surface area contributed by atoms with Crippen molar-refractivity contribution < 1.29 is 14.3 Å². The third-order valence-electron chi connectivity index (χ3n) is 4.31. The Morgan fingerprint density at radius 3 is 2.19 bits per heavy atom. The van der Waals surface area contributed by atoms with Crippen LogP contribution in [0.25, 0.3) is 0 Å². The Balaban J connectivity index is 1.35. The summed E-state index contributed by atoms with van der Waals surface area (Å²) in [6, 6.07) is 22.5. The quantitative estimate of drug-likeness (QED) is 0.282. The Bertz CT molecular complexity index is 982. The Morgan fingerprint density at radius 1 is 0.871 bits per heavy atom. The average Bonchev–Trinajstić information content (AvgIpc) is 2.74. The van der Waals surface area contributed by atoms with Crippen molar-refractivity contribution in [2.75, 3.05) is 18.5 Å². The number of benzene rings is 3. The molecule has 160 valence electrons. The first kappa shape index (κ1) is 21.9. The lowest BCUT2D eigenvalue weighted by Gasteiger charge is -2.09. The summed E-state index contributed by atoms with van der Waals surface area (Å²) in [7, 11) is 0. The fraction of sp³-hybridized carbons (Fsp3) is 0.200. The highest BCUT2D eigenvalue weighted by Crippen LogP contribution is 2.16. The molecule has 0 aromatic heterocycles. The molecular weight excluding hydrogens is 390 g/mol. The van der Waals surface area contributed by atoms with Crippen LogP contribution in [-0.2, 0) is 0 Å². The second-order valence-corrected chi connectivity index (χ2v) is 7.13. The summed E-state index contributed by atoms with van der Waals surface area (Å²) in [6.45, 7) is 5.30. The predicted molar refractivity (Wildman–Crippen MR) is 124 cm³/mol. The maximum Gasteiger partial charge on any atom is 0.339 e. The molecule has 6 nitrogen and oxygen atoms in total. The van der Waals surface area contributed by atoms with Crippen molar-refractivity contribution in [1.82, 2.24) is 5.43 Å². The summed E-state index contributed by atoms with van der Waals surface area (Å²) < 4.78 is 11.5. The van der Waals surface area contributed by atoms with Gasteiger partial charge in [0.1, 0.15) is 11.5 Å². The summed E-state index contributed by atoms with van der Waals surface area (Å²) in [5, 5.41) is 6.64. The monoisotopic (exact) mass is 417 g/mol. The van der Waals surface area contributed by atoms with Gasteiger partial charge in [0.05, 0.1) is 19.4 Å². The summed E-state index contributed by atoms with van der Waals surface area (Å²) in [5.41, 5.74) is 6.39. The van der Waals surface area contributed by atoms with E-state index >= 15 is 0 Å². The molecule has 0 saturated heterocycles. The minimum absolute atomic E-state index is 0.398. The van der Waals surface area contributed by atoms with Crippen molar-refractivity contribution in [1.29, 1.82) is 0 Å². The number of rotatable bonds is 9. The van der Waals surface area contributed by atoms with Gasteiger partial charge in [0.25, 0.3) is 0 Å². The van der Waals surface area contributed by atoms with Crippen LogP contribution in [0.5, 0.6) is 11.5 Å². The number of anilines is 1. The minimum Gasteiger partial charge on any atom is -0.493 e. The standard InChI is InChI=1S/C25H27N3O3/c1-19-15-20(2)17-24(16-19)31-14-6-13-30-23-11-9-21(10-12-23)18-26-28-25(29)27-22-7-4-3-5-8-22/h3-5,7-12,15-18H,6,13-14H2,1-2H3,(H2,27,28,29)/b26-18+. The highest BCUT2D eigenvalue weighted by atomic mass is 16.5. The lowest BCUT2D eigenvalue weighted by molar-refractivity contribution is 0.247. The van der Waals surface area contributed by atoms with Crippen LogP contribution >= 0.6 is 0 Å². The van der Waals surface area contributed by atoms with Gasteiger partial charge in [-0.05, 0) is 79.1 Å². The molecule has 2 N–H and O–H groups in total. The van der Waals surface area contributed by atoms with Gasteiger partial charge in [-0.2, -0.15) is 5.10 Å². The molecule has 0 atom stereocenters. The molecule has 0 spiro atoms. The molecule has 0 radical (unpaired) electrons. The molecule has 6 heteroatoms. The second-order valence-electron chi connectivity index (χ2n) is 7.13. The van der Waals surface area contributed by atoms with Gasteiger partial charge in [-0.3, -0.25) is 0 Å². The van der Waals surface area contributed by atoms with Crippen LogP contribution in [0.4, 0.5) is 10.5 Å². The number of nitrogens with one attached hydrogen (secondary N) is 2. The third-order valence-corrected chi connectivity index (χ3v) is 4.31. The number of urea groups is 1. The molecule has 0 bridgehead atoms. The Labute approximate surface area is 182 Å². The van der Waals surface area contributed by atoms with Crippen molar-refractivity contribution in [2.24, 2.45) is 5.10 Å². The van der Waals surface area contributed by atoms with Gasteiger partial charge < -0.3 is 14.8 Å². The van der Waals surface area contributed by atoms with E-state index in [-0.39, 0.29) is 0 Å². The molecule has 0 fully saturated rings. The Hall–Kier alpha value is -3.80. The van der Waals surface area contributed by atoms with Crippen LogP contribution < -0.4 is 20.2 Å². The number of hydrogen-bond acceptors (Lipinski definition) is 4. The van der Waals surface area contributed by atoms with Crippen molar-refractivity contribution >= 4 is 17.9 Å². The number of aryl methyl sites for hydroxylation is 2. The number of amides is 2. The summed E-state index contributed by atoms with van der Waals surface area (Å²) >= 11 is 0. The second kappa shape index (κ2) is 11.4. The van der Waals surface area contributed by atoms with Gasteiger partial charge in [0.15, 0.2) is 0 Å². The lowest BCUT2D eigenvalue weighted by Crippen LogP contribution is -2.24. The molecule has 0 aliphatic heterocycles. The molecule has 0 unspecified atom stereocenters.